The van der Waals surface area contributed by atoms with E-state index in [0.29, 0.717) is 15.8 Å². The molecule has 0 amide bonds. The Kier molecular flexibility index (Phi) is 4.05. The van der Waals surface area contributed by atoms with Gasteiger partial charge in [-0.05, 0) is 37.5 Å². The van der Waals surface area contributed by atoms with Gasteiger partial charge in [-0.15, -0.1) is 11.3 Å². The first-order valence-electron chi connectivity index (χ1n) is 6.97. The fraction of sp³-hybridized carbons (Fsp3) is 0.429. The van der Waals surface area contributed by atoms with Crippen LogP contribution in [0.3, 0.4) is 0 Å². The zero-order valence-corrected chi connectivity index (χ0v) is 13.4. The summed E-state index contributed by atoms with van der Waals surface area (Å²) in [6.45, 7) is 2.21. The highest BCUT2D eigenvalue weighted by molar-refractivity contribution is 7.91. The Hall–Kier alpha value is -1.31. The minimum Gasteiger partial charge on any atom is -0.241 e. The maximum Gasteiger partial charge on any atom is 0.250 e. The second-order valence-electron chi connectivity index (χ2n) is 5.11. The predicted molar refractivity (Wildman–Crippen MR) is 81.7 cm³/mol. The topological polar surface area (TPSA) is 72.0 Å². The molecule has 1 fully saturated rings. The lowest BCUT2D eigenvalue weighted by Gasteiger charge is -2.05. The molecule has 2 heterocycles. The number of rotatable bonds is 6. The summed E-state index contributed by atoms with van der Waals surface area (Å²) in [5, 5.41) is 0. The fourth-order valence-corrected chi connectivity index (χ4v) is 4.39. The van der Waals surface area contributed by atoms with Crippen molar-refractivity contribution in [2.24, 2.45) is 0 Å². The standard InChI is InChI=1S/C14H17N3O2S2/c1-2-12-5-6-14(20-12)21(18,19)17-8-11-7-13(10-3-4-10)16-9-15-11/h5-7,9-10,17H,2-4,8H2,1H3. The molecule has 0 aromatic carbocycles. The highest BCUT2D eigenvalue weighted by Gasteiger charge is 2.25. The normalized spacial score (nSPS) is 15.3. The molecule has 7 heteroatoms. The third-order valence-corrected chi connectivity index (χ3v) is 6.56. The summed E-state index contributed by atoms with van der Waals surface area (Å²) in [4.78, 5) is 9.43. The van der Waals surface area contributed by atoms with Gasteiger partial charge >= 0.3 is 0 Å². The summed E-state index contributed by atoms with van der Waals surface area (Å²) in [5.74, 6) is 0.535. The molecule has 0 spiro atoms. The first-order valence-corrected chi connectivity index (χ1v) is 9.27. The number of hydrogen-bond acceptors (Lipinski definition) is 5. The SMILES string of the molecule is CCc1ccc(S(=O)(=O)NCc2cc(C3CC3)ncn2)s1. The molecule has 1 saturated carbocycles. The van der Waals surface area contributed by atoms with Crippen molar-refractivity contribution >= 4 is 21.4 Å². The Morgan fingerprint density at radius 3 is 2.81 bits per heavy atom. The van der Waals surface area contributed by atoms with Crippen LogP contribution < -0.4 is 4.72 Å². The van der Waals surface area contributed by atoms with Gasteiger partial charge in [0.2, 0.25) is 10.0 Å². The van der Waals surface area contributed by atoms with Gasteiger partial charge in [-0.3, -0.25) is 0 Å². The maximum absolute atomic E-state index is 12.2. The van der Waals surface area contributed by atoms with Crippen LogP contribution in [0.25, 0.3) is 0 Å². The Bertz CT molecular complexity index is 736. The van der Waals surface area contributed by atoms with Crippen LogP contribution in [0, 0.1) is 0 Å². The van der Waals surface area contributed by atoms with Crippen LogP contribution in [0.15, 0.2) is 28.7 Å². The van der Waals surface area contributed by atoms with E-state index in [1.54, 1.807) is 6.07 Å². The average molecular weight is 323 g/mol. The van der Waals surface area contributed by atoms with E-state index in [1.807, 2.05) is 19.1 Å². The fourth-order valence-electron chi connectivity index (χ4n) is 2.05. The minimum absolute atomic E-state index is 0.198. The lowest BCUT2D eigenvalue weighted by molar-refractivity contribution is 0.582. The van der Waals surface area contributed by atoms with Crippen LogP contribution in [0.1, 0.15) is 41.9 Å². The van der Waals surface area contributed by atoms with Gasteiger partial charge in [0.1, 0.15) is 10.5 Å². The van der Waals surface area contributed by atoms with Crippen molar-refractivity contribution in [1.29, 1.82) is 0 Å². The molecule has 1 N–H and O–H groups in total. The van der Waals surface area contributed by atoms with Crippen molar-refractivity contribution in [3.05, 3.63) is 40.8 Å². The van der Waals surface area contributed by atoms with Crippen molar-refractivity contribution in [3.63, 3.8) is 0 Å². The lowest BCUT2D eigenvalue weighted by atomic mass is 10.2. The third kappa shape index (κ3) is 3.48. The molecule has 0 unspecified atom stereocenters. The van der Waals surface area contributed by atoms with Crippen LogP contribution in [-0.4, -0.2) is 18.4 Å². The summed E-state index contributed by atoms with van der Waals surface area (Å²) in [5.41, 5.74) is 1.73. The van der Waals surface area contributed by atoms with Gasteiger partial charge in [-0.25, -0.2) is 23.1 Å². The van der Waals surface area contributed by atoms with Gasteiger partial charge in [0.25, 0.3) is 0 Å². The summed E-state index contributed by atoms with van der Waals surface area (Å²) < 4.78 is 27.4. The number of aromatic nitrogens is 2. The van der Waals surface area contributed by atoms with Crippen molar-refractivity contribution in [3.8, 4) is 0 Å². The number of nitrogens with zero attached hydrogens (tertiary/aromatic N) is 2. The summed E-state index contributed by atoms with van der Waals surface area (Å²) in [7, 11) is -3.46. The van der Waals surface area contributed by atoms with E-state index in [2.05, 4.69) is 14.7 Å². The molecule has 0 saturated heterocycles. The molecule has 0 aliphatic heterocycles. The van der Waals surface area contributed by atoms with Crippen LogP contribution in [0.2, 0.25) is 0 Å². The van der Waals surface area contributed by atoms with E-state index < -0.39 is 10.0 Å². The highest BCUT2D eigenvalue weighted by atomic mass is 32.2. The highest BCUT2D eigenvalue weighted by Crippen LogP contribution is 2.38. The van der Waals surface area contributed by atoms with Crippen LogP contribution in [0.5, 0.6) is 0 Å². The molecule has 0 bridgehead atoms. The summed E-state index contributed by atoms with van der Waals surface area (Å²) >= 11 is 1.31. The van der Waals surface area contributed by atoms with Gasteiger partial charge in [0, 0.05) is 16.5 Å². The van der Waals surface area contributed by atoms with E-state index in [4.69, 9.17) is 0 Å². The third-order valence-electron chi connectivity index (χ3n) is 3.43. The zero-order valence-electron chi connectivity index (χ0n) is 11.7. The maximum atomic E-state index is 12.2. The van der Waals surface area contributed by atoms with Gasteiger partial charge in [0.05, 0.1) is 12.2 Å². The lowest BCUT2D eigenvalue weighted by Crippen LogP contribution is -2.23. The molecule has 2 aromatic heterocycles. The molecule has 2 aromatic rings. The van der Waals surface area contributed by atoms with Gasteiger partial charge in [-0.1, -0.05) is 6.92 Å². The second kappa shape index (κ2) is 5.82. The quantitative estimate of drug-likeness (QED) is 0.886. The van der Waals surface area contributed by atoms with Crippen molar-refractivity contribution in [2.75, 3.05) is 0 Å². The predicted octanol–water partition coefficient (Wildman–Crippen LogP) is 2.46. The van der Waals surface area contributed by atoms with Crippen molar-refractivity contribution < 1.29 is 8.42 Å². The monoisotopic (exact) mass is 323 g/mol. The van der Waals surface area contributed by atoms with Crippen molar-refractivity contribution in [1.82, 2.24) is 14.7 Å². The van der Waals surface area contributed by atoms with Crippen LogP contribution in [0.4, 0.5) is 0 Å². The molecule has 5 nitrogen and oxygen atoms in total. The molecule has 112 valence electrons. The largest absolute Gasteiger partial charge is 0.250 e. The Morgan fingerprint density at radius 2 is 2.14 bits per heavy atom. The van der Waals surface area contributed by atoms with Gasteiger partial charge < -0.3 is 0 Å². The van der Waals surface area contributed by atoms with E-state index in [1.165, 1.54) is 17.7 Å². The average Bonchev–Trinajstić information content (AvgIpc) is 3.22. The first-order chi connectivity index (χ1) is 10.1. The first kappa shape index (κ1) is 14.6. The number of nitrogens with one attached hydrogen (secondary N) is 1. The summed E-state index contributed by atoms with van der Waals surface area (Å²) in [6, 6.07) is 5.41. The molecule has 1 aliphatic carbocycles. The number of thiophene rings is 1. The molecule has 3 rings (SSSR count). The van der Waals surface area contributed by atoms with Crippen LogP contribution in [-0.2, 0) is 23.0 Å². The zero-order chi connectivity index (χ0) is 14.9. The van der Waals surface area contributed by atoms with E-state index >= 15 is 0 Å². The summed E-state index contributed by atoms with van der Waals surface area (Å²) in [6.07, 6.45) is 4.68. The number of sulfonamides is 1. The second-order valence-corrected chi connectivity index (χ2v) is 8.27. The molecule has 21 heavy (non-hydrogen) atoms. The van der Waals surface area contributed by atoms with E-state index in [-0.39, 0.29) is 6.54 Å². The Labute approximate surface area is 128 Å². The number of hydrogen-bond donors (Lipinski definition) is 1. The van der Waals surface area contributed by atoms with Crippen LogP contribution >= 0.6 is 11.3 Å². The van der Waals surface area contributed by atoms with Gasteiger partial charge in [0.15, 0.2) is 0 Å². The van der Waals surface area contributed by atoms with Gasteiger partial charge in [-0.2, -0.15) is 0 Å². The van der Waals surface area contributed by atoms with E-state index in [9.17, 15) is 8.42 Å². The Morgan fingerprint density at radius 1 is 1.33 bits per heavy atom. The smallest absolute Gasteiger partial charge is 0.241 e. The molecule has 0 atom stereocenters. The van der Waals surface area contributed by atoms with E-state index in [0.717, 1.165) is 29.8 Å². The molecular weight excluding hydrogens is 306 g/mol. The number of aryl methyl sites for hydroxylation is 1. The Balaban J connectivity index is 1.69. The van der Waals surface area contributed by atoms with Crippen molar-refractivity contribution in [2.45, 2.75) is 42.9 Å². The molecular formula is C14H17N3O2S2. The molecule has 1 aliphatic rings. The molecule has 0 radical (unpaired) electrons. The minimum atomic E-state index is -3.46.